The van der Waals surface area contributed by atoms with Gasteiger partial charge in [-0.3, -0.25) is 9.59 Å². The second kappa shape index (κ2) is 7.02. The molecule has 1 aromatic carbocycles. The lowest BCUT2D eigenvalue weighted by Crippen LogP contribution is -2.45. The highest BCUT2D eigenvalue weighted by Crippen LogP contribution is 2.32. The molecule has 1 aromatic rings. The summed E-state index contributed by atoms with van der Waals surface area (Å²) in [5.41, 5.74) is -0.898. The zero-order valence-electron chi connectivity index (χ0n) is 12.5. The Labute approximate surface area is 131 Å². The van der Waals surface area contributed by atoms with Crippen molar-refractivity contribution in [2.24, 2.45) is 0 Å². The van der Waals surface area contributed by atoms with Crippen LogP contribution in [0, 0.1) is 0 Å². The molecule has 1 atom stereocenters. The van der Waals surface area contributed by atoms with E-state index in [9.17, 15) is 22.8 Å². The fourth-order valence-corrected chi connectivity index (χ4v) is 2.96. The van der Waals surface area contributed by atoms with Gasteiger partial charge in [-0.2, -0.15) is 13.2 Å². The topological polar surface area (TPSA) is 57.6 Å². The number of hydrogen-bond donors (Lipinski definition) is 1. The van der Waals surface area contributed by atoms with E-state index in [0.29, 0.717) is 13.0 Å². The van der Waals surface area contributed by atoms with Crippen LogP contribution in [0.3, 0.4) is 0 Å². The fraction of sp³-hybridized carbons (Fsp3) is 0.500. The fourth-order valence-electron chi connectivity index (χ4n) is 2.96. The minimum absolute atomic E-state index is 0.0790. The summed E-state index contributed by atoms with van der Waals surface area (Å²) in [5.74, 6) is -1.46. The minimum Gasteiger partial charge on any atom is -0.481 e. The number of hydrogen-bond acceptors (Lipinski definition) is 2. The first-order valence-electron chi connectivity index (χ1n) is 7.45. The summed E-state index contributed by atoms with van der Waals surface area (Å²) in [6.07, 6.45) is -2.93. The second-order valence-corrected chi connectivity index (χ2v) is 5.67. The molecule has 4 nitrogen and oxygen atoms in total. The number of carbonyl (C=O) groups excluding carboxylic acids is 1. The molecule has 0 aromatic heterocycles. The van der Waals surface area contributed by atoms with Crippen LogP contribution in [-0.2, 0) is 22.2 Å². The van der Waals surface area contributed by atoms with Gasteiger partial charge in [0, 0.05) is 12.6 Å². The van der Waals surface area contributed by atoms with Gasteiger partial charge >= 0.3 is 12.1 Å². The van der Waals surface area contributed by atoms with Gasteiger partial charge in [0.15, 0.2) is 0 Å². The van der Waals surface area contributed by atoms with E-state index in [0.717, 1.165) is 18.9 Å². The molecule has 0 bridgehead atoms. The lowest BCUT2D eigenvalue weighted by molar-refractivity contribution is -0.141. The quantitative estimate of drug-likeness (QED) is 0.923. The van der Waals surface area contributed by atoms with Crippen molar-refractivity contribution in [1.29, 1.82) is 0 Å². The first-order chi connectivity index (χ1) is 10.8. The smallest absolute Gasteiger partial charge is 0.416 e. The Bertz CT molecular complexity index is 586. The average Bonchev–Trinajstić information content (AvgIpc) is 2.46. The van der Waals surface area contributed by atoms with Crippen molar-refractivity contribution < 1.29 is 27.9 Å². The van der Waals surface area contributed by atoms with E-state index in [2.05, 4.69) is 0 Å². The molecule has 1 fully saturated rings. The SMILES string of the molecule is O=C(O)C[C@@H]1CCCCN1C(=O)Cc1ccccc1C(F)(F)F. The molecule has 7 heteroatoms. The normalized spacial score (nSPS) is 18.7. The first kappa shape index (κ1) is 17.3. The van der Waals surface area contributed by atoms with Crippen LogP contribution in [-0.4, -0.2) is 34.5 Å². The molecule has 23 heavy (non-hydrogen) atoms. The maximum atomic E-state index is 13.0. The summed E-state index contributed by atoms with van der Waals surface area (Å²) in [6, 6.07) is 4.55. The zero-order chi connectivity index (χ0) is 17.0. The third-order valence-corrected chi connectivity index (χ3v) is 4.02. The number of carboxylic acid groups (broad SMARTS) is 1. The second-order valence-electron chi connectivity index (χ2n) is 5.67. The average molecular weight is 329 g/mol. The lowest BCUT2D eigenvalue weighted by atomic mass is 9.97. The van der Waals surface area contributed by atoms with E-state index < -0.39 is 29.7 Å². The Balaban J connectivity index is 2.16. The number of amides is 1. The Morgan fingerprint density at radius 1 is 1.22 bits per heavy atom. The Morgan fingerprint density at radius 3 is 2.57 bits per heavy atom. The molecule has 0 radical (unpaired) electrons. The standard InChI is InChI=1S/C16H18F3NO3/c17-16(18,19)13-7-2-1-5-11(13)9-14(21)20-8-4-3-6-12(20)10-15(22)23/h1-2,5,7,12H,3-4,6,8-10H2,(H,22,23)/t12-/m0/s1. The molecule has 0 saturated carbocycles. The highest BCUT2D eigenvalue weighted by molar-refractivity contribution is 5.80. The van der Waals surface area contributed by atoms with Gasteiger partial charge in [0.2, 0.25) is 5.91 Å². The number of carboxylic acids is 1. The summed E-state index contributed by atoms with van der Waals surface area (Å²) in [6.45, 7) is 0.394. The number of carbonyl (C=O) groups is 2. The maximum Gasteiger partial charge on any atom is 0.416 e. The highest BCUT2D eigenvalue weighted by Gasteiger charge is 2.34. The minimum atomic E-state index is -4.51. The number of likely N-dealkylation sites (tertiary alicyclic amines) is 1. The molecule has 126 valence electrons. The van der Waals surface area contributed by atoms with Crippen LogP contribution >= 0.6 is 0 Å². The number of piperidine rings is 1. The third kappa shape index (κ3) is 4.46. The molecule has 0 spiro atoms. The van der Waals surface area contributed by atoms with Crippen molar-refractivity contribution in [3.8, 4) is 0 Å². The molecule has 1 aliphatic rings. The molecule has 2 rings (SSSR count). The zero-order valence-corrected chi connectivity index (χ0v) is 12.5. The van der Waals surface area contributed by atoms with Crippen molar-refractivity contribution in [3.63, 3.8) is 0 Å². The van der Waals surface area contributed by atoms with E-state index in [1.165, 1.54) is 23.1 Å². The Hall–Kier alpha value is -2.05. The van der Waals surface area contributed by atoms with Gasteiger partial charge in [0.05, 0.1) is 18.4 Å². The van der Waals surface area contributed by atoms with Crippen LogP contribution in [0.2, 0.25) is 0 Å². The van der Waals surface area contributed by atoms with Crippen LogP contribution in [0.25, 0.3) is 0 Å². The molecule has 1 heterocycles. The van der Waals surface area contributed by atoms with E-state index in [4.69, 9.17) is 5.11 Å². The molecule has 1 N–H and O–H groups in total. The van der Waals surface area contributed by atoms with Crippen molar-refractivity contribution in [2.75, 3.05) is 6.54 Å². The third-order valence-electron chi connectivity index (χ3n) is 4.02. The van der Waals surface area contributed by atoms with Crippen molar-refractivity contribution in [2.45, 2.75) is 44.3 Å². The van der Waals surface area contributed by atoms with Gasteiger partial charge in [0.1, 0.15) is 0 Å². The van der Waals surface area contributed by atoms with Crippen LogP contribution < -0.4 is 0 Å². The van der Waals surface area contributed by atoms with Gasteiger partial charge in [-0.15, -0.1) is 0 Å². The molecule has 0 aliphatic carbocycles. The molecule has 1 aliphatic heterocycles. The van der Waals surface area contributed by atoms with Gasteiger partial charge in [-0.05, 0) is 30.9 Å². The summed E-state index contributed by atoms with van der Waals surface area (Å²) < 4.78 is 39.0. The number of halogens is 3. The Morgan fingerprint density at radius 2 is 1.91 bits per heavy atom. The first-order valence-corrected chi connectivity index (χ1v) is 7.45. The summed E-state index contributed by atoms with van der Waals surface area (Å²) in [5, 5.41) is 8.92. The predicted octanol–water partition coefficient (Wildman–Crippen LogP) is 3.10. The van der Waals surface area contributed by atoms with Crippen molar-refractivity contribution >= 4 is 11.9 Å². The molecular weight excluding hydrogens is 311 g/mol. The Kier molecular flexibility index (Phi) is 5.28. The van der Waals surface area contributed by atoms with Gasteiger partial charge in [-0.25, -0.2) is 0 Å². The van der Waals surface area contributed by atoms with E-state index in [-0.39, 0.29) is 18.4 Å². The van der Waals surface area contributed by atoms with Crippen LogP contribution in [0.5, 0.6) is 0 Å². The molecule has 0 unspecified atom stereocenters. The van der Waals surface area contributed by atoms with Crippen molar-refractivity contribution in [3.05, 3.63) is 35.4 Å². The van der Waals surface area contributed by atoms with Gasteiger partial charge < -0.3 is 10.0 Å². The van der Waals surface area contributed by atoms with E-state index >= 15 is 0 Å². The van der Waals surface area contributed by atoms with Crippen LogP contribution in [0.15, 0.2) is 24.3 Å². The lowest BCUT2D eigenvalue weighted by Gasteiger charge is -2.35. The molecular formula is C16H18F3NO3. The van der Waals surface area contributed by atoms with E-state index in [1.807, 2.05) is 0 Å². The van der Waals surface area contributed by atoms with Crippen LogP contribution in [0.1, 0.15) is 36.8 Å². The molecule has 1 saturated heterocycles. The van der Waals surface area contributed by atoms with Crippen molar-refractivity contribution in [1.82, 2.24) is 4.90 Å². The summed E-state index contributed by atoms with van der Waals surface area (Å²) in [4.78, 5) is 24.7. The number of nitrogens with zero attached hydrogens (tertiary/aromatic N) is 1. The van der Waals surface area contributed by atoms with Crippen LogP contribution in [0.4, 0.5) is 13.2 Å². The number of aliphatic carboxylic acids is 1. The summed E-state index contributed by atoms with van der Waals surface area (Å²) in [7, 11) is 0. The number of rotatable bonds is 4. The van der Waals surface area contributed by atoms with E-state index in [1.54, 1.807) is 0 Å². The predicted molar refractivity (Wildman–Crippen MR) is 76.8 cm³/mol. The molecule has 1 amide bonds. The monoisotopic (exact) mass is 329 g/mol. The number of alkyl halides is 3. The highest BCUT2D eigenvalue weighted by atomic mass is 19.4. The van der Waals surface area contributed by atoms with Gasteiger partial charge in [0.25, 0.3) is 0 Å². The maximum absolute atomic E-state index is 13.0. The number of benzene rings is 1. The largest absolute Gasteiger partial charge is 0.481 e. The summed E-state index contributed by atoms with van der Waals surface area (Å²) >= 11 is 0. The van der Waals surface area contributed by atoms with Gasteiger partial charge in [-0.1, -0.05) is 18.2 Å².